The molecular formula is C12H16O3. The van der Waals surface area contributed by atoms with Crippen LogP contribution in [-0.4, -0.2) is 24.8 Å². The van der Waals surface area contributed by atoms with Crippen LogP contribution in [0.2, 0.25) is 0 Å². The van der Waals surface area contributed by atoms with Gasteiger partial charge in [0.1, 0.15) is 6.10 Å². The van der Waals surface area contributed by atoms with E-state index in [1.165, 1.54) is 25.3 Å². The van der Waals surface area contributed by atoms with Crippen molar-refractivity contribution in [2.24, 2.45) is 11.3 Å². The Morgan fingerprint density at radius 2 is 2.33 bits per heavy atom. The molecule has 2 bridgehead atoms. The van der Waals surface area contributed by atoms with Gasteiger partial charge in [-0.3, -0.25) is 0 Å². The van der Waals surface area contributed by atoms with E-state index in [1.54, 1.807) is 0 Å². The van der Waals surface area contributed by atoms with E-state index in [2.05, 4.69) is 6.58 Å². The van der Waals surface area contributed by atoms with Crippen LogP contribution >= 0.6 is 0 Å². The van der Waals surface area contributed by atoms with Crippen LogP contribution in [0.25, 0.3) is 0 Å². The monoisotopic (exact) mass is 208 g/mol. The summed E-state index contributed by atoms with van der Waals surface area (Å²) in [5, 5.41) is 0. The Kier molecular flexibility index (Phi) is 1.93. The number of carbonyl (C=O) groups is 1. The van der Waals surface area contributed by atoms with Crippen LogP contribution in [0.3, 0.4) is 0 Å². The molecule has 0 radical (unpaired) electrons. The predicted molar refractivity (Wildman–Crippen MR) is 54.2 cm³/mol. The maximum Gasteiger partial charge on any atom is 0.330 e. The minimum atomic E-state index is -0.278. The SMILES string of the molecule is C=CC(=O)OC1CC2(C3CO3)CCC1C2. The second-order valence-electron chi connectivity index (χ2n) is 5.07. The number of esters is 1. The fraction of sp³-hybridized carbons (Fsp3) is 0.750. The van der Waals surface area contributed by atoms with Gasteiger partial charge in [0, 0.05) is 11.5 Å². The van der Waals surface area contributed by atoms with Gasteiger partial charge in [0.15, 0.2) is 0 Å². The van der Waals surface area contributed by atoms with E-state index < -0.39 is 0 Å². The first kappa shape index (κ1) is 9.40. The van der Waals surface area contributed by atoms with Gasteiger partial charge in [-0.2, -0.15) is 0 Å². The van der Waals surface area contributed by atoms with E-state index in [9.17, 15) is 4.79 Å². The van der Waals surface area contributed by atoms with Crippen LogP contribution < -0.4 is 0 Å². The van der Waals surface area contributed by atoms with Gasteiger partial charge in [0.25, 0.3) is 0 Å². The minimum absolute atomic E-state index is 0.119. The minimum Gasteiger partial charge on any atom is -0.459 e. The van der Waals surface area contributed by atoms with E-state index in [-0.39, 0.29) is 12.1 Å². The third-order valence-corrected chi connectivity index (χ3v) is 4.27. The standard InChI is InChI=1S/C12H16O3/c1-2-11(13)15-9-6-12(10-7-14-10)4-3-8(9)5-12/h2,8-10H,1,3-7H2. The van der Waals surface area contributed by atoms with Crippen LogP contribution in [0.1, 0.15) is 25.7 Å². The summed E-state index contributed by atoms with van der Waals surface area (Å²) < 4.78 is 10.8. The summed E-state index contributed by atoms with van der Waals surface area (Å²) in [6.45, 7) is 4.34. The van der Waals surface area contributed by atoms with Gasteiger partial charge in [-0.1, -0.05) is 6.58 Å². The Labute approximate surface area is 89.4 Å². The number of carbonyl (C=O) groups excluding carboxylic acids is 1. The second kappa shape index (κ2) is 3.08. The van der Waals surface area contributed by atoms with Crippen LogP contribution in [0.5, 0.6) is 0 Å². The molecule has 0 aromatic rings. The molecule has 0 spiro atoms. The van der Waals surface area contributed by atoms with Crippen molar-refractivity contribution in [3.8, 4) is 0 Å². The summed E-state index contributed by atoms with van der Waals surface area (Å²) in [7, 11) is 0. The summed E-state index contributed by atoms with van der Waals surface area (Å²) in [5.41, 5.74) is 0.344. The number of hydrogen-bond acceptors (Lipinski definition) is 3. The van der Waals surface area contributed by atoms with E-state index in [4.69, 9.17) is 9.47 Å². The lowest BCUT2D eigenvalue weighted by Crippen LogP contribution is -2.29. The van der Waals surface area contributed by atoms with Crippen LogP contribution in [0.15, 0.2) is 12.7 Å². The molecule has 2 aliphatic carbocycles. The fourth-order valence-electron chi connectivity index (χ4n) is 3.43. The van der Waals surface area contributed by atoms with Gasteiger partial charge in [0.2, 0.25) is 0 Å². The first-order valence-electron chi connectivity index (χ1n) is 5.68. The van der Waals surface area contributed by atoms with Gasteiger partial charge in [-0.15, -0.1) is 0 Å². The van der Waals surface area contributed by atoms with Crippen molar-refractivity contribution in [1.82, 2.24) is 0 Å². The van der Waals surface area contributed by atoms with Crippen molar-refractivity contribution >= 4 is 5.97 Å². The molecule has 0 aromatic carbocycles. The van der Waals surface area contributed by atoms with Gasteiger partial charge in [0.05, 0.1) is 12.7 Å². The van der Waals surface area contributed by atoms with Gasteiger partial charge >= 0.3 is 5.97 Å². The molecule has 3 heteroatoms. The number of rotatable bonds is 3. The van der Waals surface area contributed by atoms with E-state index in [0.29, 0.717) is 17.4 Å². The van der Waals surface area contributed by atoms with Crippen molar-refractivity contribution in [2.75, 3.05) is 6.61 Å². The van der Waals surface area contributed by atoms with Crippen molar-refractivity contribution < 1.29 is 14.3 Å². The molecule has 1 saturated heterocycles. The quantitative estimate of drug-likeness (QED) is 0.402. The van der Waals surface area contributed by atoms with Crippen LogP contribution in [0, 0.1) is 11.3 Å². The summed E-state index contributed by atoms with van der Waals surface area (Å²) >= 11 is 0. The first-order chi connectivity index (χ1) is 7.23. The summed E-state index contributed by atoms with van der Waals surface area (Å²) in [4.78, 5) is 11.2. The molecule has 0 aromatic heterocycles. The Morgan fingerprint density at radius 1 is 1.53 bits per heavy atom. The second-order valence-corrected chi connectivity index (χ2v) is 5.07. The molecule has 4 unspecified atom stereocenters. The van der Waals surface area contributed by atoms with Crippen molar-refractivity contribution in [1.29, 1.82) is 0 Å². The molecule has 1 heterocycles. The molecule has 3 aliphatic rings. The van der Waals surface area contributed by atoms with E-state index in [1.807, 2.05) is 0 Å². The van der Waals surface area contributed by atoms with Crippen molar-refractivity contribution in [3.05, 3.63) is 12.7 Å². The first-order valence-corrected chi connectivity index (χ1v) is 5.68. The lowest BCUT2D eigenvalue weighted by molar-refractivity contribution is -0.145. The Hall–Kier alpha value is -0.830. The van der Waals surface area contributed by atoms with Gasteiger partial charge in [-0.25, -0.2) is 4.79 Å². The molecular weight excluding hydrogens is 192 g/mol. The molecule has 82 valence electrons. The van der Waals surface area contributed by atoms with Crippen molar-refractivity contribution in [3.63, 3.8) is 0 Å². The molecule has 0 amide bonds. The topological polar surface area (TPSA) is 38.8 Å². The third kappa shape index (κ3) is 1.41. The summed E-state index contributed by atoms with van der Waals surface area (Å²) in [6, 6.07) is 0. The fourth-order valence-corrected chi connectivity index (χ4v) is 3.43. The molecule has 0 N–H and O–H groups in total. The molecule has 2 saturated carbocycles. The molecule has 3 nitrogen and oxygen atoms in total. The average molecular weight is 208 g/mol. The number of ether oxygens (including phenoxy) is 2. The molecule has 1 aliphatic heterocycles. The summed E-state index contributed by atoms with van der Waals surface area (Å²) in [6.07, 6.45) is 6.46. The molecule has 15 heavy (non-hydrogen) atoms. The zero-order chi connectivity index (χ0) is 10.5. The highest BCUT2D eigenvalue weighted by Crippen LogP contribution is 2.59. The zero-order valence-electron chi connectivity index (χ0n) is 8.78. The Morgan fingerprint density at radius 3 is 3.00 bits per heavy atom. The number of fused-ring (bicyclic) bond motifs is 2. The third-order valence-electron chi connectivity index (χ3n) is 4.27. The molecule has 3 fully saturated rings. The molecule has 3 rings (SSSR count). The lowest BCUT2D eigenvalue weighted by atomic mass is 9.80. The maximum absolute atomic E-state index is 11.2. The highest BCUT2D eigenvalue weighted by atomic mass is 16.6. The predicted octanol–water partition coefficient (Wildman–Crippen LogP) is 1.67. The Bertz CT molecular complexity index is 308. The van der Waals surface area contributed by atoms with Crippen molar-refractivity contribution in [2.45, 2.75) is 37.9 Å². The average Bonchev–Trinajstić information content (AvgIpc) is 2.95. The van der Waals surface area contributed by atoms with Crippen LogP contribution in [-0.2, 0) is 14.3 Å². The normalized spacial score (nSPS) is 46.5. The lowest BCUT2D eigenvalue weighted by Gasteiger charge is -2.28. The molecule has 4 atom stereocenters. The number of hydrogen-bond donors (Lipinski definition) is 0. The highest BCUT2D eigenvalue weighted by Gasteiger charge is 2.59. The smallest absolute Gasteiger partial charge is 0.330 e. The zero-order valence-corrected chi connectivity index (χ0v) is 8.78. The van der Waals surface area contributed by atoms with Gasteiger partial charge < -0.3 is 9.47 Å². The Balaban J connectivity index is 1.69. The van der Waals surface area contributed by atoms with Gasteiger partial charge in [-0.05, 0) is 31.6 Å². The summed E-state index contributed by atoms with van der Waals surface area (Å²) in [5.74, 6) is 0.289. The van der Waals surface area contributed by atoms with E-state index >= 15 is 0 Å². The largest absolute Gasteiger partial charge is 0.459 e. The maximum atomic E-state index is 11.2. The van der Waals surface area contributed by atoms with Crippen LogP contribution in [0.4, 0.5) is 0 Å². The number of epoxide rings is 1. The highest BCUT2D eigenvalue weighted by molar-refractivity contribution is 5.81. The van der Waals surface area contributed by atoms with E-state index in [0.717, 1.165) is 13.0 Å².